The molecule has 0 bridgehead atoms. The molecule has 1 N–H and O–H groups in total. The molecule has 110 valence electrons. The number of carboxylic acids is 1. The van der Waals surface area contributed by atoms with Crippen LogP contribution in [0.5, 0.6) is 0 Å². The second-order valence-electron chi connectivity index (χ2n) is 6.19. The van der Waals surface area contributed by atoms with E-state index >= 15 is 0 Å². The number of hydrogen-bond donors (Lipinski definition) is 1. The van der Waals surface area contributed by atoms with Gasteiger partial charge in [0.1, 0.15) is 0 Å². The number of tetrazole rings is 1. The molecule has 0 fully saturated rings. The number of fused-ring (bicyclic) bond motifs is 1. The van der Waals surface area contributed by atoms with E-state index in [0.29, 0.717) is 5.82 Å². The van der Waals surface area contributed by atoms with Crippen LogP contribution in [-0.4, -0.2) is 31.3 Å². The zero-order chi connectivity index (χ0) is 15.0. The third kappa shape index (κ3) is 2.53. The van der Waals surface area contributed by atoms with Crippen LogP contribution in [0.15, 0.2) is 18.2 Å². The topological polar surface area (TPSA) is 80.9 Å². The van der Waals surface area contributed by atoms with Crippen molar-refractivity contribution in [1.29, 1.82) is 0 Å². The first kappa shape index (κ1) is 13.7. The molecule has 6 heteroatoms. The lowest BCUT2D eigenvalue weighted by Crippen LogP contribution is -2.30. The predicted octanol–water partition coefficient (Wildman–Crippen LogP) is 1.94. The summed E-state index contributed by atoms with van der Waals surface area (Å²) in [6.07, 6.45) is 3.41. The minimum absolute atomic E-state index is 0.238. The van der Waals surface area contributed by atoms with E-state index < -0.39 is 11.4 Å². The van der Waals surface area contributed by atoms with Crippen LogP contribution < -0.4 is 0 Å². The average Bonchev–Trinajstić information content (AvgIpc) is 3.05. The summed E-state index contributed by atoms with van der Waals surface area (Å²) in [4.78, 5) is 11.3. The minimum Gasteiger partial charge on any atom is -0.481 e. The summed E-state index contributed by atoms with van der Waals surface area (Å²) >= 11 is 0. The van der Waals surface area contributed by atoms with Crippen molar-refractivity contribution < 1.29 is 9.90 Å². The zero-order valence-corrected chi connectivity index (χ0v) is 12.2. The van der Waals surface area contributed by atoms with E-state index in [2.05, 4.69) is 27.7 Å². The molecular weight excluding hydrogens is 268 g/mol. The molecule has 0 unspecified atom stereocenters. The number of aryl methyl sites for hydroxylation is 2. The molecule has 3 rings (SSSR count). The van der Waals surface area contributed by atoms with Gasteiger partial charge < -0.3 is 5.11 Å². The van der Waals surface area contributed by atoms with Gasteiger partial charge in [0.2, 0.25) is 0 Å². The van der Waals surface area contributed by atoms with Crippen LogP contribution in [0.2, 0.25) is 0 Å². The van der Waals surface area contributed by atoms with Crippen LogP contribution in [0.3, 0.4) is 0 Å². The molecule has 0 radical (unpaired) electrons. The largest absolute Gasteiger partial charge is 0.481 e. The quantitative estimate of drug-likeness (QED) is 0.929. The van der Waals surface area contributed by atoms with Crippen LogP contribution in [-0.2, 0) is 24.2 Å². The van der Waals surface area contributed by atoms with Crippen LogP contribution in [0.1, 0.15) is 31.4 Å². The van der Waals surface area contributed by atoms with Gasteiger partial charge in [-0.2, -0.15) is 0 Å². The van der Waals surface area contributed by atoms with E-state index in [1.165, 1.54) is 17.5 Å². The number of benzene rings is 1. The summed E-state index contributed by atoms with van der Waals surface area (Å²) in [5, 5.41) is 21.0. The fraction of sp³-hybridized carbons (Fsp3) is 0.467. The monoisotopic (exact) mass is 286 g/mol. The van der Waals surface area contributed by atoms with E-state index in [0.717, 1.165) is 18.4 Å². The highest BCUT2D eigenvalue weighted by Crippen LogP contribution is 2.28. The number of aliphatic carboxylic acids is 1. The second-order valence-corrected chi connectivity index (χ2v) is 6.19. The summed E-state index contributed by atoms with van der Waals surface area (Å²) in [5.74, 6) is -0.239. The van der Waals surface area contributed by atoms with Gasteiger partial charge >= 0.3 is 5.97 Å². The highest BCUT2D eigenvalue weighted by atomic mass is 16.4. The van der Waals surface area contributed by atoms with Gasteiger partial charge in [-0.15, -0.1) is 5.10 Å². The first-order chi connectivity index (χ1) is 9.97. The highest BCUT2D eigenvalue weighted by Gasteiger charge is 2.29. The van der Waals surface area contributed by atoms with Gasteiger partial charge in [-0.25, -0.2) is 4.68 Å². The van der Waals surface area contributed by atoms with E-state index in [4.69, 9.17) is 0 Å². The van der Waals surface area contributed by atoms with Gasteiger partial charge in [-0.05, 0) is 60.7 Å². The fourth-order valence-corrected chi connectivity index (χ4v) is 2.67. The number of carbonyl (C=O) groups is 1. The molecule has 0 atom stereocenters. The Morgan fingerprint density at radius 3 is 2.86 bits per heavy atom. The van der Waals surface area contributed by atoms with Gasteiger partial charge in [-0.1, -0.05) is 12.1 Å². The summed E-state index contributed by atoms with van der Waals surface area (Å²) in [6, 6.07) is 6.26. The Morgan fingerprint density at radius 2 is 2.10 bits per heavy atom. The fourth-order valence-electron chi connectivity index (χ4n) is 2.67. The summed E-state index contributed by atoms with van der Waals surface area (Å²) in [5.41, 5.74) is 2.77. The van der Waals surface area contributed by atoms with Crippen molar-refractivity contribution in [1.82, 2.24) is 20.2 Å². The van der Waals surface area contributed by atoms with Gasteiger partial charge in [0.25, 0.3) is 0 Å². The molecule has 1 aliphatic carbocycles. The maximum Gasteiger partial charge on any atom is 0.310 e. The third-order valence-corrected chi connectivity index (χ3v) is 4.01. The Kier molecular flexibility index (Phi) is 3.23. The average molecular weight is 286 g/mol. The van der Waals surface area contributed by atoms with Gasteiger partial charge in [0, 0.05) is 5.56 Å². The summed E-state index contributed by atoms with van der Waals surface area (Å²) in [6.45, 7) is 3.58. The maximum atomic E-state index is 11.3. The van der Waals surface area contributed by atoms with Crippen molar-refractivity contribution >= 4 is 5.97 Å². The maximum absolute atomic E-state index is 11.3. The predicted molar refractivity (Wildman–Crippen MR) is 76.7 cm³/mol. The van der Waals surface area contributed by atoms with E-state index in [1.54, 1.807) is 18.5 Å². The Morgan fingerprint density at radius 1 is 1.33 bits per heavy atom. The first-order valence-corrected chi connectivity index (χ1v) is 7.09. The number of nitrogens with zero attached hydrogens (tertiary/aromatic N) is 4. The molecule has 0 spiro atoms. The molecule has 0 saturated carbocycles. The van der Waals surface area contributed by atoms with Crippen molar-refractivity contribution in [3.63, 3.8) is 0 Å². The van der Waals surface area contributed by atoms with Crippen molar-refractivity contribution in [3.8, 4) is 11.4 Å². The van der Waals surface area contributed by atoms with Crippen LogP contribution in [0.25, 0.3) is 11.4 Å². The molecule has 1 aromatic heterocycles. The Labute approximate surface area is 122 Å². The van der Waals surface area contributed by atoms with E-state index in [-0.39, 0.29) is 6.54 Å². The Balaban J connectivity index is 1.94. The number of rotatable bonds is 4. The summed E-state index contributed by atoms with van der Waals surface area (Å²) in [7, 11) is 0. The Hall–Kier alpha value is -2.24. The molecule has 1 aromatic carbocycles. The zero-order valence-electron chi connectivity index (χ0n) is 12.2. The summed E-state index contributed by atoms with van der Waals surface area (Å²) < 4.78 is 1.57. The lowest BCUT2D eigenvalue weighted by Gasteiger charge is -2.19. The van der Waals surface area contributed by atoms with Crippen molar-refractivity contribution in [3.05, 3.63) is 29.3 Å². The van der Waals surface area contributed by atoms with Crippen molar-refractivity contribution in [2.45, 2.75) is 39.7 Å². The molecule has 0 saturated heterocycles. The van der Waals surface area contributed by atoms with Crippen LogP contribution in [0, 0.1) is 5.41 Å². The molecular formula is C15H18N4O2. The molecule has 6 nitrogen and oxygen atoms in total. The van der Waals surface area contributed by atoms with Crippen molar-refractivity contribution in [2.75, 3.05) is 0 Å². The number of hydrogen-bond acceptors (Lipinski definition) is 4. The van der Waals surface area contributed by atoms with E-state index in [9.17, 15) is 9.90 Å². The van der Waals surface area contributed by atoms with Crippen LogP contribution >= 0.6 is 0 Å². The van der Waals surface area contributed by atoms with Crippen molar-refractivity contribution in [2.24, 2.45) is 5.41 Å². The van der Waals surface area contributed by atoms with E-state index in [1.807, 2.05) is 6.07 Å². The molecule has 21 heavy (non-hydrogen) atoms. The number of aromatic nitrogens is 4. The molecule has 2 aromatic rings. The minimum atomic E-state index is -0.916. The first-order valence-electron chi connectivity index (χ1n) is 7.09. The smallest absolute Gasteiger partial charge is 0.310 e. The molecule has 1 heterocycles. The molecule has 0 aliphatic heterocycles. The molecule has 1 aliphatic rings. The standard InChI is InChI=1S/C15H18N4O2/c1-15(2,14(20)21)9-19-13(16-17-18-19)12-7-6-10-4-3-5-11(10)8-12/h6-8H,3-5,9H2,1-2H3,(H,20,21). The number of carboxylic acid groups (broad SMARTS) is 1. The Bertz CT molecular complexity index is 691. The third-order valence-electron chi connectivity index (χ3n) is 4.01. The lowest BCUT2D eigenvalue weighted by atomic mass is 9.94. The molecule has 0 amide bonds. The van der Waals surface area contributed by atoms with Gasteiger partial charge in [-0.3, -0.25) is 4.79 Å². The van der Waals surface area contributed by atoms with Gasteiger partial charge in [0.05, 0.1) is 12.0 Å². The SMILES string of the molecule is CC(C)(Cn1nnnc1-c1ccc2c(c1)CCC2)C(=O)O. The lowest BCUT2D eigenvalue weighted by molar-refractivity contribution is -0.147. The second kappa shape index (κ2) is 4.95. The highest BCUT2D eigenvalue weighted by molar-refractivity contribution is 5.73. The normalized spacial score (nSPS) is 14.2. The van der Waals surface area contributed by atoms with Crippen LogP contribution in [0.4, 0.5) is 0 Å². The van der Waals surface area contributed by atoms with Gasteiger partial charge in [0.15, 0.2) is 5.82 Å².